The average molecular weight is 227 g/mol. The second kappa shape index (κ2) is 2.97. The van der Waals surface area contributed by atoms with Crippen molar-refractivity contribution < 1.29 is 38.6 Å². The monoisotopic (exact) mass is 227 g/mol. The molecule has 0 aromatic carbocycles. The number of phosphoric ester groups is 1. The number of aliphatic hydroxyl groups is 2. The van der Waals surface area contributed by atoms with Crippen molar-refractivity contribution in [3.05, 3.63) is 0 Å². The molecule has 2 saturated heterocycles. The normalized spacial score (nSPS) is 57.6. The van der Waals surface area contributed by atoms with E-state index in [1.807, 2.05) is 0 Å². The van der Waals surface area contributed by atoms with E-state index in [9.17, 15) is 9.67 Å². The first-order chi connectivity index (χ1) is 6.39. The zero-order valence-electron chi connectivity index (χ0n) is 6.77. The van der Waals surface area contributed by atoms with Gasteiger partial charge in [-0.1, -0.05) is 0 Å². The summed E-state index contributed by atoms with van der Waals surface area (Å²) in [6, 6.07) is 0. The van der Waals surface area contributed by atoms with Crippen molar-refractivity contribution in [1.82, 2.24) is 0 Å². The van der Waals surface area contributed by atoms with E-state index in [-0.39, 0.29) is 0 Å². The lowest BCUT2D eigenvalue weighted by molar-refractivity contribution is -0.562. The van der Waals surface area contributed by atoms with Crippen LogP contribution in [0.2, 0.25) is 0 Å². The maximum atomic E-state index is 11.6. The molecular weight excluding hydrogens is 219 g/mol. The highest BCUT2D eigenvalue weighted by Gasteiger charge is 2.60. The van der Waals surface area contributed by atoms with Gasteiger partial charge in [0.2, 0.25) is 0 Å². The van der Waals surface area contributed by atoms with Crippen LogP contribution in [0.1, 0.15) is 0 Å². The Balaban J connectivity index is 2.30. The van der Waals surface area contributed by atoms with Gasteiger partial charge in [0.1, 0.15) is 12.2 Å². The van der Waals surface area contributed by atoms with Crippen LogP contribution in [0.5, 0.6) is 0 Å². The standard InChI is InChI=1S/C5H8O8P/c6-1-2-3-5(8,4(7)11-2)13-14(9,10)12-3/h2-4,6-7H,1H2,(H,9,10)/q-1/t2-,3-,4-,5-/m1/s1. The molecule has 3 N–H and O–H groups in total. The molecule has 5 atom stereocenters. The van der Waals surface area contributed by atoms with Crippen molar-refractivity contribution in [2.75, 3.05) is 6.61 Å². The summed E-state index contributed by atoms with van der Waals surface area (Å²) in [5, 5.41) is 29.5. The fourth-order valence-electron chi connectivity index (χ4n) is 1.45. The predicted octanol–water partition coefficient (Wildman–Crippen LogP) is -2.73. The van der Waals surface area contributed by atoms with Crippen molar-refractivity contribution in [2.45, 2.75) is 24.3 Å². The van der Waals surface area contributed by atoms with E-state index in [0.29, 0.717) is 0 Å². The van der Waals surface area contributed by atoms with Crippen LogP contribution in [-0.4, -0.2) is 46.0 Å². The summed E-state index contributed by atoms with van der Waals surface area (Å²) >= 11 is 0. The highest BCUT2D eigenvalue weighted by molar-refractivity contribution is 7.47. The lowest BCUT2D eigenvalue weighted by Crippen LogP contribution is -2.57. The topological polar surface area (TPSA) is 129 Å². The number of phosphoric acid groups is 1. The molecule has 0 aliphatic carbocycles. The van der Waals surface area contributed by atoms with Crippen LogP contribution in [0.25, 0.3) is 0 Å². The summed E-state index contributed by atoms with van der Waals surface area (Å²) < 4.78 is 24.0. The Hall–Kier alpha value is -0.0500. The summed E-state index contributed by atoms with van der Waals surface area (Å²) in [6.45, 7) is -0.616. The van der Waals surface area contributed by atoms with Gasteiger partial charge < -0.3 is 24.9 Å². The summed E-state index contributed by atoms with van der Waals surface area (Å²) in [7, 11) is -4.44. The third-order valence-corrected chi connectivity index (χ3v) is 3.08. The molecule has 8 nitrogen and oxygen atoms in total. The highest BCUT2D eigenvalue weighted by atomic mass is 31.2. The molecule has 0 aromatic heterocycles. The molecule has 9 heteroatoms. The SMILES string of the molecule is O=P1(O)O[C@@H]2[C@@H](CO)O[C@@H](O)[C@]2([O-])O1. The predicted molar refractivity (Wildman–Crippen MR) is 36.5 cm³/mol. The van der Waals surface area contributed by atoms with Crippen LogP contribution in [0.15, 0.2) is 0 Å². The van der Waals surface area contributed by atoms with Crippen LogP contribution < -0.4 is 5.11 Å². The summed E-state index contributed by atoms with van der Waals surface area (Å²) in [6.07, 6.45) is -4.59. The van der Waals surface area contributed by atoms with E-state index in [2.05, 4.69) is 13.8 Å². The van der Waals surface area contributed by atoms with Gasteiger partial charge in [0.15, 0.2) is 6.29 Å². The Morgan fingerprint density at radius 3 is 2.79 bits per heavy atom. The zero-order chi connectivity index (χ0) is 10.6. The second-order valence-electron chi connectivity index (χ2n) is 3.02. The smallest absolute Gasteiger partial charge is 0.472 e. The Morgan fingerprint density at radius 1 is 1.57 bits per heavy atom. The molecule has 2 rings (SSSR count). The third kappa shape index (κ3) is 1.32. The van der Waals surface area contributed by atoms with Crippen LogP contribution in [-0.2, 0) is 18.3 Å². The van der Waals surface area contributed by atoms with Crippen molar-refractivity contribution in [3.8, 4) is 0 Å². The Morgan fingerprint density at radius 2 is 2.21 bits per heavy atom. The lowest BCUT2D eigenvalue weighted by Gasteiger charge is -2.33. The van der Waals surface area contributed by atoms with Gasteiger partial charge in [0.05, 0.1) is 12.4 Å². The molecule has 2 aliphatic heterocycles. The third-order valence-electron chi connectivity index (χ3n) is 2.07. The van der Waals surface area contributed by atoms with E-state index in [1.165, 1.54) is 0 Å². The summed E-state index contributed by atoms with van der Waals surface area (Å²) in [4.78, 5) is 8.86. The van der Waals surface area contributed by atoms with Gasteiger partial charge in [-0.05, 0) is 0 Å². The Labute approximate surface area is 78.3 Å². The van der Waals surface area contributed by atoms with Crippen LogP contribution in [0.3, 0.4) is 0 Å². The van der Waals surface area contributed by atoms with E-state index in [4.69, 9.17) is 15.1 Å². The second-order valence-corrected chi connectivity index (χ2v) is 4.35. The average Bonchev–Trinajstić information content (AvgIpc) is 2.42. The molecule has 2 heterocycles. The highest BCUT2D eigenvalue weighted by Crippen LogP contribution is 2.59. The quantitative estimate of drug-likeness (QED) is 0.412. The Kier molecular flexibility index (Phi) is 2.22. The van der Waals surface area contributed by atoms with Gasteiger partial charge in [-0.15, -0.1) is 0 Å². The number of hydrogen-bond donors (Lipinski definition) is 3. The molecule has 0 aromatic rings. The number of fused-ring (bicyclic) bond motifs is 1. The first-order valence-corrected chi connectivity index (χ1v) is 5.25. The Bertz CT molecular complexity index is 293. The number of rotatable bonds is 1. The van der Waals surface area contributed by atoms with Crippen LogP contribution in [0.4, 0.5) is 0 Å². The van der Waals surface area contributed by atoms with Crippen molar-refractivity contribution in [3.63, 3.8) is 0 Å². The molecule has 1 unspecified atom stereocenters. The molecule has 82 valence electrons. The fourth-order valence-corrected chi connectivity index (χ4v) is 2.62. The molecule has 0 bridgehead atoms. The van der Waals surface area contributed by atoms with Gasteiger partial charge >= 0.3 is 7.82 Å². The minimum atomic E-state index is -4.44. The number of aliphatic hydroxyl groups excluding tert-OH is 2. The van der Waals surface area contributed by atoms with Gasteiger partial charge in [-0.3, -0.25) is 9.05 Å². The van der Waals surface area contributed by atoms with Gasteiger partial charge in [0.25, 0.3) is 0 Å². The first-order valence-electron chi connectivity index (χ1n) is 3.76. The molecule has 2 aliphatic rings. The zero-order valence-corrected chi connectivity index (χ0v) is 7.66. The van der Waals surface area contributed by atoms with Gasteiger partial charge in [-0.2, -0.15) is 0 Å². The summed E-state index contributed by atoms with van der Waals surface area (Å²) in [5.74, 6) is -2.64. The molecule has 14 heavy (non-hydrogen) atoms. The molecule has 0 radical (unpaired) electrons. The van der Waals surface area contributed by atoms with E-state index in [1.54, 1.807) is 0 Å². The molecule has 0 amide bonds. The molecule has 0 saturated carbocycles. The van der Waals surface area contributed by atoms with Crippen molar-refractivity contribution >= 4 is 7.82 Å². The first kappa shape index (κ1) is 10.5. The minimum absolute atomic E-state index is 0.616. The van der Waals surface area contributed by atoms with Crippen molar-refractivity contribution in [2.24, 2.45) is 0 Å². The molecule has 2 fully saturated rings. The van der Waals surface area contributed by atoms with E-state index in [0.717, 1.165) is 0 Å². The van der Waals surface area contributed by atoms with E-state index >= 15 is 0 Å². The van der Waals surface area contributed by atoms with Crippen molar-refractivity contribution in [1.29, 1.82) is 0 Å². The molecular formula is C5H8O8P-. The van der Waals surface area contributed by atoms with E-state index < -0.39 is 38.7 Å². The largest absolute Gasteiger partial charge is 0.822 e. The number of ether oxygens (including phenoxy) is 1. The molecule has 0 spiro atoms. The van der Waals surface area contributed by atoms with Gasteiger partial charge in [-0.25, -0.2) is 4.57 Å². The van der Waals surface area contributed by atoms with Gasteiger partial charge in [0, 0.05) is 0 Å². The summed E-state index contributed by atoms with van der Waals surface area (Å²) in [5.41, 5.74) is 0. The number of hydrogen-bond acceptors (Lipinski definition) is 7. The van der Waals surface area contributed by atoms with Crippen LogP contribution >= 0.6 is 7.82 Å². The fraction of sp³-hybridized carbons (Fsp3) is 1.00. The maximum absolute atomic E-state index is 11.6. The lowest BCUT2D eigenvalue weighted by atomic mass is 10.1. The van der Waals surface area contributed by atoms with Crippen LogP contribution in [0, 0.1) is 0 Å². The maximum Gasteiger partial charge on any atom is 0.472 e. The minimum Gasteiger partial charge on any atom is -0.822 e.